The molecule has 2 heterocycles. The minimum atomic E-state index is 0.589. The minimum Gasteiger partial charge on any atom is -0.486 e. The summed E-state index contributed by atoms with van der Waals surface area (Å²) in [5.41, 5.74) is 2.93. The molecule has 4 nitrogen and oxygen atoms in total. The van der Waals surface area contributed by atoms with Crippen molar-refractivity contribution in [3.8, 4) is 22.9 Å². The molecular weight excluding hydrogens is 284 g/mol. The Morgan fingerprint density at radius 2 is 1.76 bits per heavy atom. The van der Waals surface area contributed by atoms with E-state index in [4.69, 9.17) is 9.47 Å². The molecule has 2 aromatic carbocycles. The molecule has 0 amide bonds. The molecule has 0 bridgehead atoms. The summed E-state index contributed by atoms with van der Waals surface area (Å²) in [6.07, 6.45) is 2.07. The summed E-state index contributed by atoms with van der Waals surface area (Å²) in [5, 5.41) is 0. The highest BCUT2D eigenvalue weighted by atomic mass is 32.2. The minimum absolute atomic E-state index is 0.589. The largest absolute Gasteiger partial charge is 0.486 e. The van der Waals surface area contributed by atoms with Crippen LogP contribution in [0.25, 0.3) is 22.4 Å². The lowest BCUT2D eigenvalue weighted by Gasteiger charge is -2.17. The fourth-order valence-corrected chi connectivity index (χ4v) is 2.84. The SMILES string of the molecule is CSc1ccc(-c2nc3cc4c(cc3[nH]2)OCCO4)cc1. The van der Waals surface area contributed by atoms with Crippen molar-refractivity contribution in [2.45, 2.75) is 4.90 Å². The molecule has 3 aromatic rings. The third kappa shape index (κ3) is 2.23. The van der Waals surface area contributed by atoms with E-state index < -0.39 is 0 Å². The number of aromatic amines is 1. The molecule has 1 aliphatic rings. The fraction of sp³-hybridized carbons (Fsp3) is 0.188. The zero-order valence-corrected chi connectivity index (χ0v) is 12.4. The topological polar surface area (TPSA) is 47.1 Å². The highest BCUT2D eigenvalue weighted by Crippen LogP contribution is 2.34. The van der Waals surface area contributed by atoms with Gasteiger partial charge in [-0.05, 0) is 18.4 Å². The molecule has 0 saturated heterocycles. The normalized spacial score (nSPS) is 13.6. The van der Waals surface area contributed by atoms with E-state index in [-0.39, 0.29) is 0 Å². The molecule has 0 unspecified atom stereocenters. The number of ether oxygens (including phenoxy) is 2. The lowest BCUT2D eigenvalue weighted by Crippen LogP contribution is -2.15. The Balaban J connectivity index is 1.78. The van der Waals surface area contributed by atoms with Crippen LogP contribution in [0.1, 0.15) is 0 Å². The fourth-order valence-electron chi connectivity index (χ4n) is 2.43. The van der Waals surface area contributed by atoms with Gasteiger partial charge in [0.15, 0.2) is 11.5 Å². The molecule has 0 atom stereocenters. The van der Waals surface area contributed by atoms with Gasteiger partial charge in [0, 0.05) is 22.6 Å². The number of hydrogen-bond donors (Lipinski definition) is 1. The second-order valence-corrected chi connectivity index (χ2v) is 5.71. The summed E-state index contributed by atoms with van der Waals surface area (Å²) in [6.45, 7) is 1.18. The van der Waals surface area contributed by atoms with Crippen LogP contribution in [0.3, 0.4) is 0 Å². The van der Waals surface area contributed by atoms with Gasteiger partial charge in [-0.1, -0.05) is 12.1 Å². The number of nitrogens with one attached hydrogen (secondary N) is 1. The van der Waals surface area contributed by atoms with Crippen LogP contribution in [0, 0.1) is 0 Å². The molecule has 0 saturated carbocycles. The van der Waals surface area contributed by atoms with E-state index in [1.807, 2.05) is 12.1 Å². The maximum atomic E-state index is 5.60. The molecule has 4 rings (SSSR count). The molecule has 0 fully saturated rings. The van der Waals surface area contributed by atoms with Gasteiger partial charge in [0.25, 0.3) is 0 Å². The number of thioether (sulfide) groups is 1. The number of nitrogens with zero attached hydrogens (tertiary/aromatic N) is 1. The van der Waals surface area contributed by atoms with Crippen LogP contribution >= 0.6 is 11.8 Å². The Bertz CT molecular complexity index is 753. The molecule has 1 aliphatic heterocycles. The van der Waals surface area contributed by atoms with Gasteiger partial charge in [-0.25, -0.2) is 4.98 Å². The Morgan fingerprint density at radius 3 is 2.48 bits per heavy atom. The highest BCUT2D eigenvalue weighted by molar-refractivity contribution is 7.98. The lowest BCUT2D eigenvalue weighted by molar-refractivity contribution is 0.172. The summed E-state index contributed by atoms with van der Waals surface area (Å²) in [5.74, 6) is 2.41. The lowest BCUT2D eigenvalue weighted by atomic mass is 10.2. The van der Waals surface area contributed by atoms with E-state index in [0.29, 0.717) is 13.2 Å². The van der Waals surface area contributed by atoms with E-state index in [2.05, 4.69) is 40.5 Å². The number of fused-ring (bicyclic) bond motifs is 2. The number of imidazole rings is 1. The van der Waals surface area contributed by atoms with Gasteiger partial charge < -0.3 is 14.5 Å². The third-order valence-corrected chi connectivity index (χ3v) is 4.25. The molecule has 1 N–H and O–H groups in total. The molecule has 0 radical (unpaired) electrons. The predicted molar refractivity (Wildman–Crippen MR) is 84.3 cm³/mol. The van der Waals surface area contributed by atoms with Crippen molar-refractivity contribution in [3.05, 3.63) is 36.4 Å². The first-order valence-corrected chi connectivity index (χ1v) is 8.00. The molecule has 106 valence electrons. The first-order chi connectivity index (χ1) is 10.3. The quantitative estimate of drug-likeness (QED) is 0.732. The molecular formula is C16H14N2O2S. The van der Waals surface area contributed by atoms with Crippen LogP contribution in [0.4, 0.5) is 0 Å². The number of benzene rings is 2. The Labute approximate surface area is 126 Å². The molecule has 5 heteroatoms. The van der Waals surface area contributed by atoms with Crippen LogP contribution in [0.15, 0.2) is 41.3 Å². The Morgan fingerprint density at radius 1 is 1.05 bits per heavy atom. The maximum Gasteiger partial charge on any atom is 0.163 e. The summed E-state index contributed by atoms with van der Waals surface area (Å²) >= 11 is 1.73. The van der Waals surface area contributed by atoms with Crippen molar-refractivity contribution in [3.63, 3.8) is 0 Å². The molecule has 0 spiro atoms. The van der Waals surface area contributed by atoms with Crippen molar-refractivity contribution in [2.24, 2.45) is 0 Å². The van der Waals surface area contributed by atoms with Gasteiger partial charge in [0.2, 0.25) is 0 Å². The van der Waals surface area contributed by atoms with E-state index in [9.17, 15) is 0 Å². The average Bonchev–Trinajstić information content (AvgIpc) is 2.95. The van der Waals surface area contributed by atoms with Crippen molar-refractivity contribution < 1.29 is 9.47 Å². The summed E-state index contributed by atoms with van der Waals surface area (Å²) in [4.78, 5) is 9.24. The second kappa shape index (κ2) is 5.00. The van der Waals surface area contributed by atoms with Crippen molar-refractivity contribution in [1.82, 2.24) is 9.97 Å². The third-order valence-electron chi connectivity index (χ3n) is 3.51. The Hall–Kier alpha value is -2.14. The van der Waals surface area contributed by atoms with Gasteiger partial charge in [-0.15, -0.1) is 11.8 Å². The monoisotopic (exact) mass is 298 g/mol. The van der Waals surface area contributed by atoms with Crippen LogP contribution in [-0.2, 0) is 0 Å². The van der Waals surface area contributed by atoms with Crippen LogP contribution in [0.5, 0.6) is 11.5 Å². The van der Waals surface area contributed by atoms with E-state index in [1.165, 1.54) is 4.90 Å². The zero-order valence-electron chi connectivity index (χ0n) is 11.6. The molecule has 1 aromatic heterocycles. The van der Waals surface area contributed by atoms with E-state index >= 15 is 0 Å². The van der Waals surface area contributed by atoms with Gasteiger partial charge in [-0.3, -0.25) is 0 Å². The van der Waals surface area contributed by atoms with E-state index in [0.717, 1.165) is 33.9 Å². The van der Waals surface area contributed by atoms with Gasteiger partial charge >= 0.3 is 0 Å². The van der Waals surface area contributed by atoms with Crippen LogP contribution in [-0.4, -0.2) is 29.4 Å². The highest BCUT2D eigenvalue weighted by Gasteiger charge is 2.15. The smallest absolute Gasteiger partial charge is 0.163 e. The number of hydrogen-bond acceptors (Lipinski definition) is 4. The summed E-state index contributed by atoms with van der Waals surface area (Å²) in [7, 11) is 0. The van der Waals surface area contributed by atoms with Crippen LogP contribution < -0.4 is 9.47 Å². The number of H-pyrrole nitrogens is 1. The number of aromatic nitrogens is 2. The van der Waals surface area contributed by atoms with Crippen molar-refractivity contribution in [2.75, 3.05) is 19.5 Å². The summed E-state index contributed by atoms with van der Waals surface area (Å²) in [6, 6.07) is 12.2. The first kappa shape index (κ1) is 12.6. The first-order valence-electron chi connectivity index (χ1n) is 6.77. The second-order valence-electron chi connectivity index (χ2n) is 4.83. The zero-order chi connectivity index (χ0) is 14.2. The van der Waals surface area contributed by atoms with Gasteiger partial charge in [0.05, 0.1) is 11.0 Å². The van der Waals surface area contributed by atoms with E-state index in [1.54, 1.807) is 11.8 Å². The molecule has 0 aliphatic carbocycles. The molecule has 21 heavy (non-hydrogen) atoms. The van der Waals surface area contributed by atoms with Gasteiger partial charge in [0.1, 0.15) is 19.0 Å². The van der Waals surface area contributed by atoms with Crippen molar-refractivity contribution >= 4 is 22.8 Å². The van der Waals surface area contributed by atoms with Crippen molar-refractivity contribution in [1.29, 1.82) is 0 Å². The predicted octanol–water partition coefficient (Wildman–Crippen LogP) is 3.72. The standard InChI is InChI=1S/C16H14N2O2S/c1-21-11-4-2-10(3-5-11)16-17-12-8-14-15(9-13(12)18-16)20-7-6-19-14/h2-5,8-9H,6-7H2,1H3,(H,17,18). The summed E-state index contributed by atoms with van der Waals surface area (Å²) < 4.78 is 11.2. The maximum absolute atomic E-state index is 5.60. The van der Waals surface area contributed by atoms with Gasteiger partial charge in [-0.2, -0.15) is 0 Å². The Kier molecular flexibility index (Phi) is 3.00. The average molecular weight is 298 g/mol. The van der Waals surface area contributed by atoms with Crippen LogP contribution in [0.2, 0.25) is 0 Å². The number of rotatable bonds is 2.